The summed E-state index contributed by atoms with van der Waals surface area (Å²) in [5.74, 6) is -0.0503. The fourth-order valence-electron chi connectivity index (χ4n) is 4.14. The normalized spacial score (nSPS) is 16.6. The smallest absolute Gasteiger partial charge is 0.260 e. The van der Waals surface area contributed by atoms with E-state index in [1.165, 1.54) is 29.6 Å². The number of rotatable bonds is 5. The minimum atomic E-state index is -0.230. The SMILES string of the molecule is O=C(Nc1nc2c(s1)CN(CC(=O)N1CCN(c3ccccc3)CC1)CC2)c1ccoc1. The van der Waals surface area contributed by atoms with Crippen LogP contribution >= 0.6 is 11.3 Å². The number of piperazine rings is 1. The predicted octanol–water partition coefficient (Wildman–Crippen LogP) is 2.70. The summed E-state index contributed by atoms with van der Waals surface area (Å²) in [6.07, 6.45) is 3.66. The second-order valence-corrected chi connectivity index (χ2v) is 9.10. The summed E-state index contributed by atoms with van der Waals surface area (Å²) >= 11 is 1.48. The van der Waals surface area contributed by atoms with Crippen LogP contribution in [0.2, 0.25) is 0 Å². The summed E-state index contributed by atoms with van der Waals surface area (Å²) in [6, 6.07) is 12.0. The first-order valence-electron chi connectivity index (χ1n) is 10.8. The lowest BCUT2D eigenvalue weighted by Crippen LogP contribution is -2.51. The molecule has 2 amide bonds. The maximum Gasteiger partial charge on any atom is 0.260 e. The molecular formula is C23H25N5O3S. The van der Waals surface area contributed by atoms with Crippen molar-refractivity contribution in [3.8, 4) is 0 Å². The summed E-state index contributed by atoms with van der Waals surface area (Å²) in [5, 5.41) is 3.43. The number of benzene rings is 1. The van der Waals surface area contributed by atoms with Gasteiger partial charge in [-0.1, -0.05) is 18.2 Å². The lowest BCUT2D eigenvalue weighted by Gasteiger charge is -2.37. The predicted molar refractivity (Wildman–Crippen MR) is 123 cm³/mol. The molecule has 9 heteroatoms. The van der Waals surface area contributed by atoms with Crippen LogP contribution in [0.25, 0.3) is 0 Å². The number of aromatic nitrogens is 1. The van der Waals surface area contributed by atoms with Crippen LogP contribution in [0.5, 0.6) is 0 Å². The molecule has 2 aliphatic heterocycles. The van der Waals surface area contributed by atoms with Gasteiger partial charge in [-0.25, -0.2) is 4.98 Å². The number of fused-ring (bicyclic) bond motifs is 1. The largest absolute Gasteiger partial charge is 0.472 e. The van der Waals surface area contributed by atoms with E-state index in [0.29, 0.717) is 23.8 Å². The fraction of sp³-hybridized carbons (Fsp3) is 0.348. The van der Waals surface area contributed by atoms with Crippen molar-refractivity contribution in [2.75, 3.05) is 49.5 Å². The molecule has 0 saturated carbocycles. The van der Waals surface area contributed by atoms with Gasteiger partial charge in [0.05, 0.1) is 24.1 Å². The Morgan fingerprint density at radius 1 is 1.06 bits per heavy atom. The van der Waals surface area contributed by atoms with E-state index in [1.807, 2.05) is 23.1 Å². The van der Waals surface area contributed by atoms with E-state index in [2.05, 4.69) is 32.2 Å². The summed E-state index contributed by atoms with van der Waals surface area (Å²) < 4.78 is 4.96. The summed E-state index contributed by atoms with van der Waals surface area (Å²) in [6.45, 7) is 5.10. The number of furan rings is 1. The number of carbonyl (C=O) groups excluding carboxylic acids is 2. The van der Waals surface area contributed by atoms with E-state index in [4.69, 9.17) is 4.42 Å². The van der Waals surface area contributed by atoms with E-state index in [0.717, 1.165) is 49.7 Å². The molecule has 166 valence electrons. The third-order valence-electron chi connectivity index (χ3n) is 5.93. The number of carbonyl (C=O) groups is 2. The standard InChI is InChI=1S/C23H25N5O3S/c29-21(28-11-9-27(10-12-28)18-4-2-1-3-5-18)15-26-8-6-19-20(14-26)32-23(24-19)25-22(30)17-7-13-31-16-17/h1-5,7,13,16H,6,8-12,14-15H2,(H,24,25,30). The Hall–Kier alpha value is -3.17. The Morgan fingerprint density at radius 2 is 1.88 bits per heavy atom. The number of hydrogen-bond acceptors (Lipinski definition) is 7. The number of para-hydroxylation sites is 1. The second kappa shape index (κ2) is 9.13. The molecule has 0 spiro atoms. The first-order chi connectivity index (χ1) is 15.7. The molecule has 0 atom stereocenters. The Labute approximate surface area is 190 Å². The average Bonchev–Trinajstić information content (AvgIpc) is 3.49. The van der Waals surface area contributed by atoms with Gasteiger partial charge in [0.2, 0.25) is 5.91 Å². The minimum absolute atomic E-state index is 0.180. The molecule has 0 radical (unpaired) electrons. The van der Waals surface area contributed by atoms with Crippen LogP contribution in [0.1, 0.15) is 20.9 Å². The Kier molecular flexibility index (Phi) is 5.91. The number of thiazole rings is 1. The number of amides is 2. The molecule has 0 aliphatic carbocycles. The minimum Gasteiger partial charge on any atom is -0.472 e. The lowest BCUT2D eigenvalue weighted by molar-refractivity contribution is -0.132. The molecular weight excluding hydrogens is 426 g/mol. The molecule has 1 saturated heterocycles. The Morgan fingerprint density at radius 3 is 2.62 bits per heavy atom. The quantitative estimate of drug-likeness (QED) is 0.642. The van der Waals surface area contributed by atoms with Crippen molar-refractivity contribution in [3.63, 3.8) is 0 Å². The van der Waals surface area contributed by atoms with Crippen LogP contribution in [0.3, 0.4) is 0 Å². The molecule has 1 fully saturated rings. The fourth-order valence-corrected chi connectivity index (χ4v) is 5.19. The number of nitrogens with one attached hydrogen (secondary N) is 1. The molecule has 4 heterocycles. The van der Waals surface area contributed by atoms with E-state index in [1.54, 1.807) is 6.07 Å². The molecule has 0 bridgehead atoms. The highest BCUT2D eigenvalue weighted by atomic mass is 32.1. The topological polar surface area (TPSA) is 81.9 Å². The molecule has 8 nitrogen and oxygen atoms in total. The molecule has 2 aliphatic rings. The molecule has 32 heavy (non-hydrogen) atoms. The maximum atomic E-state index is 12.9. The summed E-state index contributed by atoms with van der Waals surface area (Å²) in [7, 11) is 0. The highest BCUT2D eigenvalue weighted by molar-refractivity contribution is 7.15. The van der Waals surface area contributed by atoms with Crippen LogP contribution in [0, 0.1) is 0 Å². The van der Waals surface area contributed by atoms with E-state index in [-0.39, 0.29) is 11.8 Å². The first kappa shape index (κ1) is 20.7. The van der Waals surface area contributed by atoms with Crippen molar-refractivity contribution in [3.05, 3.63) is 65.1 Å². The third-order valence-corrected chi connectivity index (χ3v) is 6.92. The molecule has 0 unspecified atom stereocenters. The van der Waals surface area contributed by atoms with Crippen LogP contribution in [-0.4, -0.2) is 65.9 Å². The number of anilines is 2. The van der Waals surface area contributed by atoms with Crippen molar-refractivity contribution in [2.24, 2.45) is 0 Å². The molecule has 1 aromatic carbocycles. The molecule has 1 N–H and O–H groups in total. The van der Waals surface area contributed by atoms with E-state index >= 15 is 0 Å². The Bertz CT molecular complexity index is 1070. The zero-order chi connectivity index (χ0) is 21.9. The van der Waals surface area contributed by atoms with Gasteiger partial charge in [-0.15, -0.1) is 11.3 Å². The lowest BCUT2D eigenvalue weighted by atomic mass is 10.2. The zero-order valence-electron chi connectivity index (χ0n) is 17.7. The summed E-state index contributed by atoms with van der Waals surface area (Å²) in [5.41, 5.74) is 2.69. The van der Waals surface area contributed by atoms with Gasteiger partial charge in [0.1, 0.15) is 6.26 Å². The van der Waals surface area contributed by atoms with E-state index in [9.17, 15) is 9.59 Å². The number of nitrogens with zero attached hydrogens (tertiary/aromatic N) is 4. The van der Waals surface area contributed by atoms with Crippen LogP contribution in [0.15, 0.2) is 53.3 Å². The van der Waals surface area contributed by atoms with Gasteiger partial charge in [-0.2, -0.15) is 0 Å². The molecule has 5 rings (SSSR count). The monoisotopic (exact) mass is 451 g/mol. The van der Waals surface area contributed by atoms with Gasteiger partial charge in [-0.05, 0) is 18.2 Å². The highest BCUT2D eigenvalue weighted by Crippen LogP contribution is 2.28. The van der Waals surface area contributed by atoms with Gasteiger partial charge >= 0.3 is 0 Å². The van der Waals surface area contributed by atoms with Crippen molar-refractivity contribution in [1.29, 1.82) is 0 Å². The van der Waals surface area contributed by atoms with Gasteiger partial charge < -0.3 is 14.2 Å². The maximum absolute atomic E-state index is 12.9. The van der Waals surface area contributed by atoms with Crippen LogP contribution in [0.4, 0.5) is 10.8 Å². The van der Waals surface area contributed by atoms with Gasteiger partial charge in [0.25, 0.3) is 5.91 Å². The van der Waals surface area contributed by atoms with Crippen molar-refractivity contribution < 1.29 is 14.0 Å². The third kappa shape index (κ3) is 4.53. The van der Waals surface area contributed by atoms with Crippen LogP contribution < -0.4 is 10.2 Å². The number of hydrogen-bond donors (Lipinski definition) is 1. The zero-order valence-corrected chi connectivity index (χ0v) is 18.5. The highest BCUT2D eigenvalue weighted by Gasteiger charge is 2.26. The van der Waals surface area contributed by atoms with Gasteiger partial charge in [0.15, 0.2) is 5.13 Å². The Balaban J connectivity index is 1.13. The molecule has 2 aromatic heterocycles. The first-order valence-corrected chi connectivity index (χ1v) is 11.6. The van der Waals surface area contributed by atoms with Crippen molar-refractivity contribution in [1.82, 2.24) is 14.8 Å². The van der Waals surface area contributed by atoms with Gasteiger partial charge in [-0.3, -0.25) is 19.8 Å². The average molecular weight is 452 g/mol. The van der Waals surface area contributed by atoms with Gasteiger partial charge in [0, 0.05) is 56.3 Å². The van der Waals surface area contributed by atoms with Crippen LogP contribution in [-0.2, 0) is 17.8 Å². The van der Waals surface area contributed by atoms with E-state index < -0.39 is 0 Å². The summed E-state index contributed by atoms with van der Waals surface area (Å²) in [4.78, 5) is 37.3. The van der Waals surface area contributed by atoms with Crippen molar-refractivity contribution >= 4 is 34.0 Å². The van der Waals surface area contributed by atoms with Crippen molar-refractivity contribution in [2.45, 2.75) is 13.0 Å². The second-order valence-electron chi connectivity index (χ2n) is 8.02. The molecule has 3 aromatic rings.